The highest BCUT2D eigenvalue weighted by Gasteiger charge is 2.62. The number of amides is 1. The van der Waals surface area contributed by atoms with Crippen LogP contribution in [-0.4, -0.2) is 48.7 Å². The van der Waals surface area contributed by atoms with E-state index >= 15 is 0 Å². The van der Waals surface area contributed by atoms with Gasteiger partial charge in [-0.05, 0) is 79.4 Å². The minimum absolute atomic E-state index is 0.0246. The molecule has 7 unspecified atom stereocenters. The molecule has 8 nitrogen and oxygen atoms in total. The van der Waals surface area contributed by atoms with Gasteiger partial charge < -0.3 is 19.5 Å². The summed E-state index contributed by atoms with van der Waals surface area (Å²) in [7, 11) is 0. The summed E-state index contributed by atoms with van der Waals surface area (Å²) in [5, 5.41) is 3.18. The van der Waals surface area contributed by atoms with Crippen LogP contribution in [0.2, 0.25) is 0 Å². The van der Waals surface area contributed by atoms with Crippen molar-refractivity contribution in [2.75, 3.05) is 6.61 Å². The molecule has 0 saturated heterocycles. The summed E-state index contributed by atoms with van der Waals surface area (Å²) in [6.45, 7) is 11.3. The zero-order valence-corrected chi connectivity index (χ0v) is 24.5. The Morgan fingerprint density at radius 3 is 2.44 bits per heavy atom. The Morgan fingerprint density at radius 2 is 1.77 bits per heavy atom. The van der Waals surface area contributed by atoms with Gasteiger partial charge >= 0.3 is 17.9 Å². The first kappa shape index (κ1) is 29.6. The largest absolute Gasteiger partial charge is 0.466 e. The molecule has 0 radical (unpaired) electrons. The molecule has 0 aliphatic heterocycles. The predicted molar refractivity (Wildman–Crippen MR) is 145 cm³/mol. The Labute approximate surface area is 233 Å². The van der Waals surface area contributed by atoms with E-state index in [1.807, 2.05) is 6.92 Å². The monoisotopic (exact) mass is 545 g/mol. The molecule has 1 N–H and O–H groups in total. The third kappa shape index (κ3) is 6.19. The molecule has 0 bridgehead atoms. The van der Waals surface area contributed by atoms with Crippen molar-refractivity contribution in [3.05, 3.63) is 11.6 Å². The molecule has 39 heavy (non-hydrogen) atoms. The average molecular weight is 546 g/mol. The van der Waals surface area contributed by atoms with Gasteiger partial charge in [0, 0.05) is 33.6 Å². The minimum Gasteiger partial charge on any atom is -0.466 e. The topological polar surface area (TPSA) is 108 Å². The van der Waals surface area contributed by atoms with Crippen LogP contribution in [0.4, 0.5) is 0 Å². The van der Waals surface area contributed by atoms with Crippen molar-refractivity contribution < 1.29 is 33.4 Å². The normalized spacial score (nSPS) is 37.7. The molecule has 9 atom stereocenters. The van der Waals surface area contributed by atoms with Crippen LogP contribution in [0, 0.1) is 34.5 Å². The smallest absolute Gasteiger partial charge is 0.306 e. The number of rotatable bonds is 8. The quantitative estimate of drug-likeness (QED) is 0.263. The standard InChI is InChI=1S/C31H47NO7/c1-18(17-37-20(3)34)7-10-28(36)39-27-16-26-24-9-8-22-15-23(38-21(4)35)11-13-30(22,5)25(24)12-14-31(26,6)29(27)32-19(2)33/h8,18,23-27,29H,7,9-17H2,1-6H3,(H,32,33)/t18?,23?,24?,25?,26?,27?,29?,30-,31-/m0/s1. The number of nitrogens with one attached hydrogen (secondary N) is 1. The van der Waals surface area contributed by atoms with Crippen molar-refractivity contribution in [3.8, 4) is 0 Å². The number of carbonyl (C=O) groups excluding carboxylic acids is 4. The fourth-order valence-corrected chi connectivity index (χ4v) is 8.48. The summed E-state index contributed by atoms with van der Waals surface area (Å²) in [4.78, 5) is 47.8. The Kier molecular flexibility index (Phi) is 8.82. The molecule has 1 amide bonds. The summed E-state index contributed by atoms with van der Waals surface area (Å²) in [5.41, 5.74) is 1.39. The maximum atomic E-state index is 12.9. The van der Waals surface area contributed by atoms with Crippen LogP contribution in [0.25, 0.3) is 0 Å². The number of carbonyl (C=O) groups is 4. The summed E-state index contributed by atoms with van der Waals surface area (Å²) in [5.74, 6) is 0.521. The molecule has 0 heterocycles. The van der Waals surface area contributed by atoms with Gasteiger partial charge in [-0.3, -0.25) is 19.2 Å². The second-order valence-corrected chi connectivity index (χ2v) is 13.2. The Balaban J connectivity index is 1.47. The van der Waals surface area contributed by atoms with Crippen molar-refractivity contribution in [2.45, 2.75) is 118 Å². The summed E-state index contributed by atoms with van der Waals surface area (Å²) < 4.78 is 16.7. The first-order valence-electron chi connectivity index (χ1n) is 14.8. The SMILES string of the molecule is CC(=O)NC1C(OC(=O)CCC(C)COC(C)=O)CC2C3CC=C4CC(OC(C)=O)CC[C@]4(C)C3CC[C@@]21C. The first-order valence-corrected chi connectivity index (χ1v) is 14.8. The Morgan fingerprint density at radius 1 is 1.03 bits per heavy atom. The number of allylic oxidation sites excluding steroid dienone is 1. The lowest BCUT2D eigenvalue weighted by atomic mass is 9.48. The first-order chi connectivity index (χ1) is 18.3. The molecule has 218 valence electrons. The Hall–Kier alpha value is -2.38. The lowest BCUT2D eigenvalue weighted by Gasteiger charge is -2.57. The van der Waals surface area contributed by atoms with Crippen molar-refractivity contribution in [1.82, 2.24) is 5.32 Å². The van der Waals surface area contributed by atoms with Crippen molar-refractivity contribution in [2.24, 2.45) is 34.5 Å². The fraction of sp³-hybridized carbons (Fsp3) is 0.806. The van der Waals surface area contributed by atoms with E-state index < -0.39 is 0 Å². The number of hydrogen-bond acceptors (Lipinski definition) is 7. The maximum absolute atomic E-state index is 12.9. The van der Waals surface area contributed by atoms with E-state index in [9.17, 15) is 19.2 Å². The Bertz CT molecular complexity index is 1010. The van der Waals surface area contributed by atoms with E-state index in [2.05, 4.69) is 25.2 Å². The number of esters is 3. The van der Waals surface area contributed by atoms with E-state index in [-0.39, 0.29) is 65.2 Å². The van der Waals surface area contributed by atoms with Gasteiger partial charge in [0.1, 0.15) is 12.2 Å². The molecule has 0 spiro atoms. The van der Waals surface area contributed by atoms with Crippen LogP contribution in [0.3, 0.4) is 0 Å². The molecule has 4 rings (SSSR count). The molecule has 8 heteroatoms. The molecule has 4 aliphatic carbocycles. The zero-order chi connectivity index (χ0) is 28.5. The number of fused-ring (bicyclic) bond motifs is 5. The summed E-state index contributed by atoms with van der Waals surface area (Å²) in [6, 6.07) is -0.207. The number of hydrogen-bond donors (Lipinski definition) is 1. The van der Waals surface area contributed by atoms with E-state index in [0.717, 1.165) is 44.9 Å². The minimum atomic E-state index is -0.350. The highest BCUT2D eigenvalue weighted by Crippen LogP contribution is 2.65. The van der Waals surface area contributed by atoms with Gasteiger partial charge in [-0.15, -0.1) is 0 Å². The molecule has 0 aromatic heterocycles. The van der Waals surface area contributed by atoms with Crippen LogP contribution in [0.5, 0.6) is 0 Å². The predicted octanol–water partition coefficient (Wildman–Crippen LogP) is 4.89. The number of ether oxygens (including phenoxy) is 3. The van der Waals surface area contributed by atoms with E-state index in [0.29, 0.717) is 30.8 Å². The third-order valence-corrected chi connectivity index (χ3v) is 10.5. The van der Waals surface area contributed by atoms with Gasteiger partial charge in [0.25, 0.3) is 0 Å². The lowest BCUT2D eigenvalue weighted by Crippen LogP contribution is -2.55. The van der Waals surface area contributed by atoms with Gasteiger partial charge in [0.05, 0.1) is 12.6 Å². The highest BCUT2D eigenvalue weighted by atomic mass is 16.5. The fourth-order valence-electron chi connectivity index (χ4n) is 8.48. The van der Waals surface area contributed by atoms with Gasteiger partial charge in [-0.25, -0.2) is 0 Å². The van der Waals surface area contributed by atoms with E-state index in [4.69, 9.17) is 14.2 Å². The second kappa shape index (κ2) is 11.6. The van der Waals surface area contributed by atoms with Gasteiger partial charge in [-0.2, -0.15) is 0 Å². The molecule has 3 saturated carbocycles. The van der Waals surface area contributed by atoms with Crippen LogP contribution in [-0.2, 0) is 33.4 Å². The maximum Gasteiger partial charge on any atom is 0.306 e. The van der Waals surface area contributed by atoms with Crippen LogP contribution in [0.15, 0.2) is 11.6 Å². The van der Waals surface area contributed by atoms with Crippen LogP contribution >= 0.6 is 0 Å². The van der Waals surface area contributed by atoms with Crippen LogP contribution < -0.4 is 5.32 Å². The molecule has 0 aromatic rings. The van der Waals surface area contributed by atoms with E-state index in [1.165, 1.54) is 26.3 Å². The molecular weight excluding hydrogens is 498 g/mol. The average Bonchev–Trinajstić information content (AvgIpc) is 3.12. The zero-order valence-electron chi connectivity index (χ0n) is 24.5. The summed E-state index contributed by atoms with van der Waals surface area (Å²) in [6.07, 6.45) is 9.38. The third-order valence-electron chi connectivity index (χ3n) is 10.5. The van der Waals surface area contributed by atoms with Gasteiger partial charge in [-0.1, -0.05) is 32.4 Å². The van der Waals surface area contributed by atoms with Crippen molar-refractivity contribution in [1.29, 1.82) is 0 Å². The summed E-state index contributed by atoms with van der Waals surface area (Å²) >= 11 is 0. The van der Waals surface area contributed by atoms with Crippen molar-refractivity contribution >= 4 is 23.8 Å². The molecular formula is C31H47NO7. The van der Waals surface area contributed by atoms with Gasteiger partial charge in [0.2, 0.25) is 5.91 Å². The molecule has 0 aromatic carbocycles. The van der Waals surface area contributed by atoms with Gasteiger partial charge in [0.15, 0.2) is 0 Å². The van der Waals surface area contributed by atoms with Crippen LogP contribution in [0.1, 0.15) is 99.3 Å². The second-order valence-electron chi connectivity index (χ2n) is 13.2. The molecule has 4 aliphatic rings. The highest BCUT2D eigenvalue weighted by molar-refractivity contribution is 5.74. The van der Waals surface area contributed by atoms with E-state index in [1.54, 1.807) is 0 Å². The van der Waals surface area contributed by atoms with Crippen molar-refractivity contribution in [3.63, 3.8) is 0 Å². The lowest BCUT2D eigenvalue weighted by molar-refractivity contribution is -0.152. The molecule has 3 fully saturated rings.